The second-order valence-corrected chi connectivity index (χ2v) is 9.02. The predicted molar refractivity (Wildman–Crippen MR) is 96.0 cm³/mol. The topological polar surface area (TPSA) is 41.3 Å². The van der Waals surface area contributed by atoms with Gasteiger partial charge in [-0.25, -0.2) is 0 Å². The molecule has 0 aromatic heterocycles. The van der Waals surface area contributed by atoms with E-state index in [1.807, 2.05) is 0 Å². The zero-order valence-electron chi connectivity index (χ0n) is 15.2. The van der Waals surface area contributed by atoms with Crippen molar-refractivity contribution in [3.05, 3.63) is 0 Å². The Balaban J connectivity index is 1.82. The fourth-order valence-electron chi connectivity index (χ4n) is 4.55. The van der Waals surface area contributed by atoms with Crippen molar-refractivity contribution in [2.24, 2.45) is 23.0 Å². The van der Waals surface area contributed by atoms with Crippen LogP contribution in [0.15, 0.2) is 0 Å². The highest BCUT2D eigenvalue weighted by atomic mass is 15.2. The van der Waals surface area contributed by atoms with Crippen LogP contribution in [0.25, 0.3) is 0 Å². The van der Waals surface area contributed by atoms with Gasteiger partial charge in [0, 0.05) is 32.2 Å². The minimum Gasteiger partial charge on any atom is -0.329 e. The smallest absolute Gasteiger partial charge is 0.0198 e. The first-order valence-corrected chi connectivity index (χ1v) is 9.62. The molecule has 1 aliphatic carbocycles. The van der Waals surface area contributed by atoms with E-state index in [4.69, 9.17) is 5.73 Å². The molecule has 1 aliphatic heterocycles. The van der Waals surface area contributed by atoms with Gasteiger partial charge in [-0.3, -0.25) is 0 Å². The fourth-order valence-corrected chi connectivity index (χ4v) is 4.55. The highest BCUT2D eigenvalue weighted by molar-refractivity contribution is 4.86. The first-order chi connectivity index (χ1) is 10.5. The van der Waals surface area contributed by atoms with Gasteiger partial charge in [0.25, 0.3) is 0 Å². The molecule has 2 rings (SSSR count). The van der Waals surface area contributed by atoms with E-state index in [9.17, 15) is 0 Å². The summed E-state index contributed by atoms with van der Waals surface area (Å²) in [4.78, 5) is 2.60. The highest BCUT2D eigenvalue weighted by Gasteiger charge is 2.29. The van der Waals surface area contributed by atoms with Crippen LogP contribution in [0.3, 0.4) is 0 Å². The maximum absolute atomic E-state index is 5.81. The fraction of sp³-hybridized carbons (Fsp3) is 1.00. The molecule has 1 heterocycles. The molecule has 130 valence electrons. The molecule has 0 bridgehead atoms. The number of hydrogen-bond donors (Lipinski definition) is 2. The number of hydrogen-bond acceptors (Lipinski definition) is 3. The Hall–Kier alpha value is -0.120. The lowest BCUT2D eigenvalue weighted by atomic mass is 9.80. The van der Waals surface area contributed by atoms with E-state index >= 15 is 0 Å². The molecule has 2 unspecified atom stereocenters. The summed E-state index contributed by atoms with van der Waals surface area (Å²) in [6, 6.07) is 0.676. The summed E-state index contributed by atoms with van der Waals surface area (Å²) in [6.45, 7) is 12.7. The predicted octanol–water partition coefficient (Wildman–Crippen LogP) is 3.24. The summed E-state index contributed by atoms with van der Waals surface area (Å²) in [5.41, 5.74) is 6.24. The van der Waals surface area contributed by atoms with Crippen molar-refractivity contribution in [1.82, 2.24) is 10.2 Å². The van der Waals surface area contributed by atoms with E-state index in [0.29, 0.717) is 11.5 Å². The van der Waals surface area contributed by atoms with Crippen molar-refractivity contribution in [2.45, 2.75) is 71.8 Å². The van der Waals surface area contributed by atoms with E-state index in [1.165, 1.54) is 64.6 Å². The number of likely N-dealkylation sites (tertiary alicyclic amines) is 1. The summed E-state index contributed by atoms with van der Waals surface area (Å²) in [7, 11) is 0. The Labute approximate surface area is 138 Å². The third-order valence-electron chi connectivity index (χ3n) is 5.38. The SMILES string of the molecule is CC(C)(C)CC1CC(NCC2CCCCC2)CN(CCN)C1. The van der Waals surface area contributed by atoms with Gasteiger partial charge in [0.05, 0.1) is 0 Å². The second-order valence-electron chi connectivity index (χ2n) is 9.02. The van der Waals surface area contributed by atoms with Crippen molar-refractivity contribution in [1.29, 1.82) is 0 Å². The lowest BCUT2D eigenvalue weighted by molar-refractivity contribution is 0.113. The van der Waals surface area contributed by atoms with E-state index in [2.05, 4.69) is 31.0 Å². The minimum atomic E-state index is 0.435. The summed E-state index contributed by atoms with van der Waals surface area (Å²) in [6.07, 6.45) is 9.92. The molecule has 2 aliphatic rings. The molecule has 0 amide bonds. The third kappa shape index (κ3) is 6.55. The van der Waals surface area contributed by atoms with Crippen LogP contribution in [-0.4, -0.2) is 43.7 Å². The molecule has 1 saturated heterocycles. The molecule has 2 fully saturated rings. The number of nitrogens with two attached hydrogens (primary N) is 1. The van der Waals surface area contributed by atoms with E-state index in [0.717, 1.165) is 24.9 Å². The molecule has 1 saturated carbocycles. The van der Waals surface area contributed by atoms with Gasteiger partial charge in [0.2, 0.25) is 0 Å². The number of piperidine rings is 1. The molecule has 2 atom stereocenters. The molecular formula is C19H39N3. The number of rotatable bonds is 6. The Kier molecular flexibility index (Phi) is 7.17. The zero-order chi connectivity index (χ0) is 16.0. The van der Waals surface area contributed by atoms with Gasteiger partial charge < -0.3 is 16.0 Å². The lowest BCUT2D eigenvalue weighted by Gasteiger charge is -2.41. The van der Waals surface area contributed by atoms with Gasteiger partial charge in [-0.1, -0.05) is 40.0 Å². The summed E-state index contributed by atoms with van der Waals surface area (Å²) in [5, 5.41) is 3.91. The summed E-state index contributed by atoms with van der Waals surface area (Å²) >= 11 is 0. The zero-order valence-corrected chi connectivity index (χ0v) is 15.2. The Morgan fingerprint density at radius 2 is 1.77 bits per heavy atom. The van der Waals surface area contributed by atoms with E-state index < -0.39 is 0 Å². The quantitative estimate of drug-likeness (QED) is 0.791. The average molecular weight is 310 g/mol. The molecular weight excluding hydrogens is 270 g/mol. The van der Waals surface area contributed by atoms with Crippen LogP contribution < -0.4 is 11.1 Å². The second kappa shape index (κ2) is 8.65. The first-order valence-electron chi connectivity index (χ1n) is 9.62. The molecule has 0 radical (unpaired) electrons. The van der Waals surface area contributed by atoms with Gasteiger partial charge in [-0.15, -0.1) is 0 Å². The number of nitrogens with zero attached hydrogens (tertiary/aromatic N) is 1. The molecule has 3 heteroatoms. The summed E-state index contributed by atoms with van der Waals surface area (Å²) in [5.74, 6) is 1.75. The molecule has 0 spiro atoms. The standard InChI is InChI=1S/C19H39N3/c1-19(2,3)12-17-11-18(15-22(14-17)10-9-20)21-13-16-7-5-4-6-8-16/h16-18,21H,4-15,20H2,1-3H3. The van der Waals surface area contributed by atoms with Crippen molar-refractivity contribution in [3.63, 3.8) is 0 Å². The Morgan fingerprint density at radius 3 is 2.41 bits per heavy atom. The molecule has 22 heavy (non-hydrogen) atoms. The Morgan fingerprint density at radius 1 is 1.05 bits per heavy atom. The van der Waals surface area contributed by atoms with Crippen molar-refractivity contribution in [2.75, 3.05) is 32.7 Å². The largest absolute Gasteiger partial charge is 0.329 e. The normalized spacial score (nSPS) is 28.9. The van der Waals surface area contributed by atoms with Crippen LogP contribution in [0.4, 0.5) is 0 Å². The molecule has 0 aromatic rings. The minimum absolute atomic E-state index is 0.435. The van der Waals surface area contributed by atoms with Gasteiger partial charge >= 0.3 is 0 Å². The maximum Gasteiger partial charge on any atom is 0.0198 e. The van der Waals surface area contributed by atoms with Gasteiger partial charge in [-0.2, -0.15) is 0 Å². The van der Waals surface area contributed by atoms with Crippen LogP contribution in [0.1, 0.15) is 65.7 Å². The summed E-state index contributed by atoms with van der Waals surface area (Å²) < 4.78 is 0. The van der Waals surface area contributed by atoms with Crippen molar-refractivity contribution >= 4 is 0 Å². The van der Waals surface area contributed by atoms with Crippen LogP contribution >= 0.6 is 0 Å². The van der Waals surface area contributed by atoms with E-state index in [-0.39, 0.29) is 0 Å². The molecule has 3 nitrogen and oxygen atoms in total. The van der Waals surface area contributed by atoms with E-state index in [1.54, 1.807) is 0 Å². The first kappa shape index (κ1) is 18.2. The number of nitrogens with one attached hydrogen (secondary N) is 1. The van der Waals surface area contributed by atoms with Crippen LogP contribution in [0.5, 0.6) is 0 Å². The third-order valence-corrected chi connectivity index (χ3v) is 5.38. The average Bonchev–Trinajstić information content (AvgIpc) is 2.44. The maximum atomic E-state index is 5.81. The van der Waals surface area contributed by atoms with Gasteiger partial charge in [0.15, 0.2) is 0 Å². The Bertz CT molecular complexity index is 304. The van der Waals surface area contributed by atoms with Crippen molar-refractivity contribution in [3.8, 4) is 0 Å². The monoisotopic (exact) mass is 309 g/mol. The van der Waals surface area contributed by atoms with Crippen LogP contribution in [0, 0.1) is 17.3 Å². The van der Waals surface area contributed by atoms with Crippen molar-refractivity contribution < 1.29 is 0 Å². The molecule has 0 aromatic carbocycles. The lowest BCUT2D eigenvalue weighted by Crippen LogP contribution is -2.51. The van der Waals surface area contributed by atoms with Gasteiger partial charge in [-0.05, 0) is 49.5 Å². The van der Waals surface area contributed by atoms with Crippen LogP contribution in [-0.2, 0) is 0 Å². The highest BCUT2D eigenvalue weighted by Crippen LogP contribution is 2.30. The molecule has 3 N–H and O–H groups in total. The van der Waals surface area contributed by atoms with Gasteiger partial charge in [0.1, 0.15) is 0 Å². The van der Waals surface area contributed by atoms with Crippen LogP contribution in [0.2, 0.25) is 0 Å².